The zero-order chi connectivity index (χ0) is 55.1. The summed E-state index contributed by atoms with van der Waals surface area (Å²) in [7, 11) is 0. The Balaban J connectivity index is 2.12. The van der Waals surface area contributed by atoms with Crippen molar-refractivity contribution < 1.29 is 63.0 Å². The van der Waals surface area contributed by atoms with Gasteiger partial charge < -0.3 is 86.0 Å². The van der Waals surface area contributed by atoms with Gasteiger partial charge in [-0.1, -0.05) is 45.9 Å². The molecule has 2 aromatic rings. The highest BCUT2D eigenvalue weighted by molar-refractivity contribution is 5.99. The van der Waals surface area contributed by atoms with Crippen LogP contribution in [0, 0.1) is 11.8 Å². The number of benzene rings is 1. The van der Waals surface area contributed by atoms with Crippen molar-refractivity contribution in [2.75, 3.05) is 26.2 Å². The number of carboxylic acid groups (broad SMARTS) is 1. The van der Waals surface area contributed by atoms with Gasteiger partial charge in [0.2, 0.25) is 59.1 Å². The summed E-state index contributed by atoms with van der Waals surface area (Å²) in [5, 5.41) is 41.8. The van der Waals surface area contributed by atoms with Gasteiger partial charge in [0.05, 0.1) is 32.2 Å². The van der Waals surface area contributed by atoms with Gasteiger partial charge in [0.25, 0.3) is 0 Å². The first kappa shape index (κ1) is 61.2. The molecule has 73 heavy (non-hydrogen) atoms. The van der Waals surface area contributed by atoms with E-state index < -0.39 is 145 Å². The molecule has 0 fully saturated rings. The zero-order valence-electron chi connectivity index (χ0n) is 41.7. The lowest BCUT2D eigenvalue weighted by Gasteiger charge is -2.26. The number of carbonyl (C=O) groups excluding carboxylic acids is 10. The summed E-state index contributed by atoms with van der Waals surface area (Å²) < 4.78 is 0. The van der Waals surface area contributed by atoms with Gasteiger partial charge in [-0.3, -0.25) is 52.9 Å². The molecule has 2 rings (SSSR count). The average molecular weight is 1030 g/mol. The second-order valence-electron chi connectivity index (χ2n) is 17.9. The van der Waals surface area contributed by atoms with Crippen LogP contribution in [-0.4, -0.2) is 161 Å². The zero-order valence-corrected chi connectivity index (χ0v) is 41.7. The van der Waals surface area contributed by atoms with Gasteiger partial charge in [-0.05, 0) is 56.6 Å². The van der Waals surface area contributed by atoms with Gasteiger partial charge in [-0.15, -0.1) is 0 Å². The van der Waals surface area contributed by atoms with Crippen LogP contribution in [0.1, 0.15) is 72.8 Å². The van der Waals surface area contributed by atoms with E-state index in [0.29, 0.717) is 5.56 Å². The van der Waals surface area contributed by atoms with Gasteiger partial charge in [0.15, 0.2) is 5.96 Å². The molecule has 0 saturated carbocycles. The van der Waals surface area contributed by atoms with Crippen molar-refractivity contribution in [1.82, 2.24) is 52.8 Å². The summed E-state index contributed by atoms with van der Waals surface area (Å²) in [5.74, 6) is -11.4. The number of rotatable bonds is 31. The molecule has 1 aromatic carbocycles. The van der Waals surface area contributed by atoms with Crippen LogP contribution in [0.25, 0.3) is 10.9 Å². The Morgan fingerprint density at radius 1 is 0.644 bits per heavy atom. The normalized spacial score (nSPS) is 14.3. The molecule has 0 saturated heterocycles. The fourth-order valence-electron chi connectivity index (χ4n) is 6.91. The summed E-state index contributed by atoms with van der Waals surface area (Å²) in [4.78, 5) is 149. The number of H-pyrrole nitrogens is 1. The second-order valence-corrected chi connectivity index (χ2v) is 17.9. The molecular formula is C45H71N15O13. The van der Waals surface area contributed by atoms with Crippen LogP contribution in [0.3, 0.4) is 0 Å². The molecule has 0 radical (unpaired) electrons. The molecule has 28 nitrogen and oxygen atoms in total. The van der Waals surface area contributed by atoms with Crippen molar-refractivity contribution in [3.63, 3.8) is 0 Å². The number of nitrogens with zero attached hydrogens (tertiary/aromatic N) is 1. The summed E-state index contributed by atoms with van der Waals surface area (Å²) in [6, 6.07) is -3.68. The number of amides is 10. The van der Waals surface area contributed by atoms with Crippen molar-refractivity contribution in [3.8, 4) is 0 Å². The number of nitrogens with one attached hydrogen (secondary N) is 10. The Morgan fingerprint density at radius 2 is 1.21 bits per heavy atom. The van der Waals surface area contributed by atoms with E-state index >= 15 is 0 Å². The van der Waals surface area contributed by atoms with Crippen LogP contribution in [0.5, 0.6) is 0 Å². The summed E-state index contributed by atoms with van der Waals surface area (Å²) in [6.07, 6.45) is 1.05. The van der Waals surface area contributed by atoms with Crippen molar-refractivity contribution >= 4 is 81.9 Å². The van der Waals surface area contributed by atoms with E-state index in [1.165, 1.54) is 13.8 Å². The third kappa shape index (κ3) is 21.6. The average Bonchev–Trinajstić information content (AvgIpc) is 3.72. The fourth-order valence-corrected chi connectivity index (χ4v) is 6.91. The quantitative estimate of drug-likeness (QED) is 0.0190. The molecule has 0 bridgehead atoms. The van der Waals surface area contributed by atoms with Crippen molar-refractivity contribution in [1.29, 1.82) is 0 Å². The number of aliphatic hydroxyl groups is 1. The Kier molecular flexibility index (Phi) is 25.3. The molecule has 8 atom stereocenters. The number of carbonyl (C=O) groups is 11. The number of aliphatic carboxylic acids is 1. The number of guanidine groups is 1. The standard InChI is InChI=1S/C45H71N15O13/c1-21(2)14-29(59-41(69)30(55-34(63)18-52-37(65)23(5)46)15-25-17-51-27-11-8-7-10-26(25)27)40(68)54-24(6)38(66)58-31(16-33(47)62)39(67)53-19-35(64)56-32(20-61)42(70)60-36(22(3)4)43(71)57-28(44(72)73)12-9-13-50-45(48)49/h7-8,10-11,17,21-24,28-32,36,51,61H,9,12-16,18-20,46H2,1-6H3,(H2,47,62)(H,52,65)(H,53,67)(H,54,68)(H,55,63)(H,56,64)(H,57,71)(H,58,66)(H,59,69)(H,60,70)(H,72,73)(H4,48,49,50)/t23-,24-,28-,29-,30-,31-,32-,36-/m0/s1. The smallest absolute Gasteiger partial charge is 0.326 e. The van der Waals surface area contributed by atoms with Gasteiger partial charge in [-0.2, -0.15) is 0 Å². The Hall–Kier alpha value is -7.88. The maximum Gasteiger partial charge on any atom is 0.326 e. The molecule has 0 aliphatic heterocycles. The highest BCUT2D eigenvalue weighted by Gasteiger charge is 2.34. The van der Waals surface area contributed by atoms with Gasteiger partial charge >= 0.3 is 5.97 Å². The summed E-state index contributed by atoms with van der Waals surface area (Å²) in [6.45, 7) is 7.06. The lowest BCUT2D eigenvalue weighted by Crippen LogP contribution is -2.59. The van der Waals surface area contributed by atoms with Crippen molar-refractivity contribution in [2.24, 2.45) is 39.8 Å². The lowest BCUT2D eigenvalue weighted by molar-refractivity contribution is -0.143. The lowest BCUT2D eigenvalue weighted by atomic mass is 10.0. The largest absolute Gasteiger partial charge is 0.480 e. The van der Waals surface area contributed by atoms with E-state index in [-0.39, 0.29) is 44.1 Å². The van der Waals surface area contributed by atoms with Gasteiger partial charge in [0.1, 0.15) is 42.3 Å². The van der Waals surface area contributed by atoms with Crippen LogP contribution >= 0.6 is 0 Å². The van der Waals surface area contributed by atoms with Gasteiger partial charge in [-0.25, -0.2) is 4.79 Å². The van der Waals surface area contributed by atoms with E-state index in [2.05, 4.69) is 57.8 Å². The molecule has 0 spiro atoms. The molecule has 1 aromatic heterocycles. The minimum atomic E-state index is -1.70. The third-order valence-electron chi connectivity index (χ3n) is 10.8. The van der Waals surface area contributed by atoms with E-state index in [1.807, 2.05) is 18.2 Å². The Morgan fingerprint density at radius 3 is 1.77 bits per heavy atom. The van der Waals surface area contributed by atoms with Crippen LogP contribution < -0.4 is 70.8 Å². The number of aliphatic imine (C=N–C) groups is 1. The SMILES string of the molecule is CC(C)C[C@H](NC(=O)[C@H](Cc1c[nH]c2ccccc12)NC(=O)CNC(=O)[C@H](C)N)C(=O)N[C@@H](C)C(=O)N[C@@H](CC(N)=O)C(=O)NCC(=O)N[C@@H](CO)C(=O)N[C@H](C(=O)N[C@@H](CCCN=C(N)N)C(=O)O)C(C)C. The van der Waals surface area contributed by atoms with Crippen LogP contribution in [0.15, 0.2) is 35.5 Å². The number of fused-ring (bicyclic) bond motifs is 1. The summed E-state index contributed by atoms with van der Waals surface area (Å²) >= 11 is 0. The van der Waals surface area contributed by atoms with E-state index in [0.717, 1.165) is 10.9 Å². The number of carboxylic acids is 1. The number of aliphatic hydroxyl groups excluding tert-OH is 1. The third-order valence-corrected chi connectivity index (χ3v) is 10.8. The Bertz CT molecular complexity index is 2320. The first-order valence-electron chi connectivity index (χ1n) is 23.4. The number of para-hydroxylation sites is 1. The monoisotopic (exact) mass is 1030 g/mol. The topological polar surface area (TPSA) is 469 Å². The minimum Gasteiger partial charge on any atom is -0.480 e. The fraction of sp³-hybridized carbons (Fsp3) is 0.556. The maximum absolute atomic E-state index is 13.9. The molecule has 0 aliphatic carbocycles. The number of aromatic nitrogens is 1. The molecule has 0 unspecified atom stereocenters. The highest BCUT2D eigenvalue weighted by Crippen LogP contribution is 2.19. The van der Waals surface area contributed by atoms with Crippen molar-refractivity contribution in [2.45, 2.75) is 122 Å². The molecule has 1 heterocycles. The first-order chi connectivity index (χ1) is 34.2. The number of aromatic amines is 1. The van der Waals surface area contributed by atoms with Crippen molar-refractivity contribution in [3.05, 3.63) is 36.0 Å². The number of hydrogen-bond acceptors (Lipinski definition) is 14. The predicted octanol–water partition coefficient (Wildman–Crippen LogP) is -5.59. The molecule has 28 heteroatoms. The van der Waals surface area contributed by atoms with Crippen LogP contribution in [-0.2, 0) is 59.2 Å². The minimum absolute atomic E-state index is 0.0393. The number of nitrogens with two attached hydrogens (primary N) is 4. The maximum atomic E-state index is 13.9. The predicted molar refractivity (Wildman–Crippen MR) is 264 cm³/mol. The molecule has 10 amide bonds. The van der Waals surface area contributed by atoms with Gasteiger partial charge in [0, 0.05) is 30.1 Å². The molecule has 20 N–H and O–H groups in total. The highest BCUT2D eigenvalue weighted by atomic mass is 16.4. The molecular weight excluding hydrogens is 959 g/mol. The van der Waals surface area contributed by atoms with E-state index in [9.17, 15) is 63.0 Å². The molecule has 404 valence electrons. The van der Waals surface area contributed by atoms with Crippen LogP contribution in [0.4, 0.5) is 0 Å². The Labute approximate surface area is 420 Å². The number of primary amides is 1. The van der Waals surface area contributed by atoms with E-state index in [1.54, 1.807) is 40.0 Å². The molecule has 0 aliphatic rings. The number of hydrogen-bond donors (Lipinski definition) is 16. The summed E-state index contributed by atoms with van der Waals surface area (Å²) in [5.41, 5.74) is 22.9. The second kappa shape index (κ2) is 30.1. The van der Waals surface area contributed by atoms with E-state index in [4.69, 9.17) is 22.9 Å². The van der Waals surface area contributed by atoms with Crippen LogP contribution in [0.2, 0.25) is 0 Å². The first-order valence-corrected chi connectivity index (χ1v) is 23.4.